The average Bonchev–Trinajstić information content (AvgIpc) is 2.87. The number of thiazole rings is 1. The molecule has 1 nitrogen and oxygen atoms in total. The van der Waals surface area contributed by atoms with Gasteiger partial charge in [0, 0.05) is 15.2 Å². The third-order valence-corrected chi connectivity index (χ3v) is 5.34. The van der Waals surface area contributed by atoms with E-state index in [2.05, 4.69) is 43.3 Å². The molecular formula is C12H15NS2. The van der Waals surface area contributed by atoms with Crippen LogP contribution in [-0.2, 0) is 5.41 Å². The van der Waals surface area contributed by atoms with Gasteiger partial charge in [-0.15, -0.1) is 22.7 Å². The van der Waals surface area contributed by atoms with E-state index in [1.807, 2.05) is 16.8 Å². The minimum absolute atomic E-state index is 0.152. The fraction of sp³-hybridized carbons (Fsp3) is 0.417. The summed E-state index contributed by atoms with van der Waals surface area (Å²) in [5.41, 5.74) is 3.28. The highest BCUT2D eigenvalue weighted by molar-refractivity contribution is 7.11. The highest BCUT2D eigenvalue weighted by Crippen LogP contribution is 2.40. The van der Waals surface area contributed by atoms with E-state index in [4.69, 9.17) is 0 Å². The smallest absolute Gasteiger partial charge is 0.0797 e. The summed E-state index contributed by atoms with van der Waals surface area (Å²) in [6, 6.07) is 4.36. The molecule has 2 heterocycles. The molecule has 0 aromatic carbocycles. The van der Waals surface area contributed by atoms with Crippen LogP contribution in [-0.4, -0.2) is 4.98 Å². The van der Waals surface area contributed by atoms with Crippen molar-refractivity contribution in [3.63, 3.8) is 0 Å². The topological polar surface area (TPSA) is 12.9 Å². The van der Waals surface area contributed by atoms with E-state index >= 15 is 0 Å². The molecule has 0 saturated heterocycles. The summed E-state index contributed by atoms with van der Waals surface area (Å²) >= 11 is 3.62. The van der Waals surface area contributed by atoms with Crippen LogP contribution in [0.5, 0.6) is 0 Å². The van der Waals surface area contributed by atoms with Crippen molar-refractivity contribution in [2.75, 3.05) is 0 Å². The molecule has 0 aliphatic rings. The second kappa shape index (κ2) is 4.06. The Morgan fingerprint density at radius 2 is 2.20 bits per heavy atom. The van der Waals surface area contributed by atoms with Gasteiger partial charge in [0.15, 0.2) is 0 Å². The first-order valence-electron chi connectivity index (χ1n) is 5.13. The lowest BCUT2D eigenvalue weighted by molar-refractivity contribution is 0.568. The number of hydrogen-bond donors (Lipinski definition) is 0. The van der Waals surface area contributed by atoms with Crippen LogP contribution >= 0.6 is 22.7 Å². The van der Waals surface area contributed by atoms with Crippen LogP contribution in [0.4, 0.5) is 0 Å². The molecule has 0 bridgehead atoms. The number of hydrogen-bond acceptors (Lipinski definition) is 3. The van der Waals surface area contributed by atoms with Crippen molar-refractivity contribution in [3.05, 3.63) is 38.5 Å². The molecule has 3 heteroatoms. The SMILES string of the molecule is CCC(C)(c1cccs1)c1scnc1C. The molecule has 0 N–H and O–H groups in total. The van der Waals surface area contributed by atoms with Gasteiger partial charge in [0.25, 0.3) is 0 Å². The summed E-state index contributed by atoms with van der Waals surface area (Å²) in [4.78, 5) is 7.22. The molecule has 0 fully saturated rings. The van der Waals surface area contributed by atoms with Gasteiger partial charge in [-0.1, -0.05) is 13.0 Å². The van der Waals surface area contributed by atoms with Gasteiger partial charge in [-0.3, -0.25) is 0 Å². The summed E-state index contributed by atoms with van der Waals surface area (Å²) in [6.07, 6.45) is 1.12. The zero-order valence-electron chi connectivity index (χ0n) is 9.28. The second-order valence-electron chi connectivity index (χ2n) is 3.93. The zero-order valence-corrected chi connectivity index (χ0v) is 10.9. The molecule has 0 radical (unpaired) electrons. The maximum Gasteiger partial charge on any atom is 0.0797 e. The van der Waals surface area contributed by atoms with Crippen molar-refractivity contribution in [1.29, 1.82) is 0 Å². The molecule has 80 valence electrons. The number of nitrogens with zero attached hydrogens (tertiary/aromatic N) is 1. The highest BCUT2D eigenvalue weighted by atomic mass is 32.1. The van der Waals surface area contributed by atoms with Crippen molar-refractivity contribution in [2.24, 2.45) is 0 Å². The molecule has 0 spiro atoms. The standard InChI is InChI=1S/C12H15NS2/c1-4-12(3,10-6-5-7-14-10)11-9(2)13-8-15-11/h5-8H,4H2,1-3H3. The molecule has 1 atom stereocenters. The van der Waals surface area contributed by atoms with Crippen LogP contribution in [0.2, 0.25) is 0 Å². The summed E-state index contributed by atoms with van der Waals surface area (Å²) in [7, 11) is 0. The van der Waals surface area contributed by atoms with Crippen LogP contribution in [0.15, 0.2) is 23.0 Å². The van der Waals surface area contributed by atoms with Crippen molar-refractivity contribution < 1.29 is 0 Å². The third-order valence-electron chi connectivity index (χ3n) is 3.02. The van der Waals surface area contributed by atoms with Crippen LogP contribution in [0, 0.1) is 6.92 Å². The Balaban J connectivity index is 2.51. The van der Waals surface area contributed by atoms with Crippen molar-refractivity contribution >= 4 is 22.7 Å². The molecule has 0 amide bonds. The summed E-state index contributed by atoms with van der Waals surface area (Å²) in [6.45, 7) is 6.67. The Morgan fingerprint density at radius 1 is 1.40 bits per heavy atom. The third kappa shape index (κ3) is 1.74. The molecule has 15 heavy (non-hydrogen) atoms. The summed E-state index contributed by atoms with van der Waals surface area (Å²) in [5.74, 6) is 0. The quantitative estimate of drug-likeness (QED) is 0.778. The Kier molecular flexibility index (Phi) is 2.94. The van der Waals surface area contributed by atoms with Gasteiger partial charge in [0.2, 0.25) is 0 Å². The van der Waals surface area contributed by atoms with Crippen LogP contribution in [0.3, 0.4) is 0 Å². The zero-order chi connectivity index (χ0) is 10.9. The van der Waals surface area contributed by atoms with E-state index in [1.165, 1.54) is 15.4 Å². The number of rotatable bonds is 3. The maximum absolute atomic E-state index is 4.36. The Morgan fingerprint density at radius 3 is 2.67 bits per heavy atom. The van der Waals surface area contributed by atoms with Crippen LogP contribution in [0.25, 0.3) is 0 Å². The molecule has 1 unspecified atom stereocenters. The van der Waals surface area contributed by atoms with E-state index in [9.17, 15) is 0 Å². The molecule has 2 aromatic rings. The van der Waals surface area contributed by atoms with Crippen molar-refractivity contribution in [2.45, 2.75) is 32.6 Å². The van der Waals surface area contributed by atoms with Gasteiger partial charge in [0.05, 0.1) is 11.2 Å². The minimum Gasteiger partial charge on any atom is -0.250 e. The first-order chi connectivity index (χ1) is 7.18. The first kappa shape index (κ1) is 10.8. The molecule has 2 aromatic heterocycles. The fourth-order valence-corrected chi connectivity index (χ4v) is 3.96. The normalized spacial score (nSPS) is 15.1. The number of thiophene rings is 1. The van der Waals surface area contributed by atoms with Crippen molar-refractivity contribution in [3.8, 4) is 0 Å². The van der Waals surface area contributed by atoms with E-state index in [-0.39, 0.29) is 5.41 Å². The summed E-state index contributed by atoms with van der Waals surface area (Å²) < 4.78 is 0. The van der Waals surface area contributed by atoms with E-state index < -0.39 is 0 Å². The second-order valence-corrected chi connectivity index (χ2v) is 5.73. The molecule has 0 aliphatic heterocycles. The Hall–Kier alpha value is -0.670. The van der Waals surface area contributed by atoms with Gasteiger partial charge in [0.1, 0.15) is 0 Å². The largest absolute Gasteiger partial charge is 0.250 e. The first-order valence-corrected chi connectivity index (χ1v) is 6.89. The summed E-state index contributed by atoms with van der Waals surface area (Å²) in [5, 5.41) is 2.15. The van der Waals surface area contributed by atoms with Crippen LogP contribution in [0.1, 0.15) is 35.7 Å². The Bertz CT molecular complexity index is 430. The van der Waals surface area contributed by atoms with Crippen molar-refractivity contribution in [1.82, 2.24) is 4.98 Å². The van der Waals surface area contributed by atoms with Crippen LogP contribution < -0.4 is 0 Å². The molecule has 0 aliphatic carbocycles. The maximum atomic E-state index is 4.36. The highest BCUT2D eigenvalue weighted by Gasteiger charge is 2.31. The minimum atomic E-state index is 0.152. The molecule has 2 rings (SSSR count). The van der Waals surface area contributed by atoms with Gasteiger partial charge in [-0.05, 0) is 31.7 Å². The predicted molar refractivity (Wildman–Crippen MR) is 67.9 cm³/mol. The number of aryl methyl sites for hydroxylation is 1. The van der Waals surface area contributed by atoms with Gasteiger partial charge in [-0.2, -0.15) is 0 Å². The van der Waals surface area contributed by atoms with Gasteiger partial charge in [-0.25, -0.2) is 4.98 Å². The average molecular weight is 237 g/mol. The number of aromatic nitrogens is 1. The lowest BCUT2D eigenvalue weighted by Gasteiger charge is -2.26. The predicted octanol–water partition coefficient (Wildman–Crippen LogP) is 4.23. The lowest BCUT2D eigenvalue weighted by atomic mass is 9.83. The van der Waals surface area contributed by atoms with Gasteiger partial charge < -0.3 is 0 Å². The van der Waals surface area contributed by atoms with Gasteiger partial charge >= 0.3 is 0 Å². The molecular weight excluding hydrogens is 222 g/mol. The lowest BCUT2D eigenvalue weighted by Crippen LogP contribution is -2.20. The van der Waals surface area contributed by atoms with E-state index in [1.54, 1.807) is 11.3 Å². The Labute approximate surface area is 98.8 Å². The monoisotopic (exact) mass is 237 g/mol. The van der Waals surface area contributed by atoms with E-state index in [0.29, 0.717) is 0 Å². The fourth-order valence-electron chi connectivity index (χ4n) is 1.87. The molecule has 0 saturated carbocycles. The van der Waals surface area contributed by atoms with E-state index in [0.717, 1.165) is 6.42 Å².